The minimum atomic E-state index is 0.191. The molecule has 0 spiro atoms. The summed E-state index contributed by atoms with van der Waals surface area (Å²) in [5.41, 5.74) is 9.11. The second kappa shape index (κ2) is 6.93. The number of hydrogen-bond acceptors (Lipinski definition) is 2. The summed E-state index contributed by atoms with van der Waals surface area (Å²) in [6, 6.07) is 9.62. The van der Waals surface area contributed by atoms with Gasteiger partial charge in [0, 0.05) is 18.6 Å². The van der Waals surface area contributed by atoms with Crippen molar-refractivity contribution in [2.45, 2.75) is 64.0 Å². The Balaban J connectivity index is 1.55. The van der Waals surface area contributed by atoms with E-state index in [9.17, 15) is 0 Å². The molecule has 2 nitrogen and oxygen atoms in total. The standard InChI is InChI=1S/C19H30N2/c1-15-7-2-5-10-17(15)18(20)12-14-21-13-6-11-19(21)16-8-3-4-9-16/h2,5,7,10,16,18-19H,3-4,6,8-9,11-14,20H2,1H3. The van der Waals surface area contributed by atoms with Crippen LogP contribution in [0.5, 0.6) is 0 Å². The molecule has 0 aromatic heterocycles. The molecule has 2 aliphatic rings. The van der Waals surface area contributed by atoms with Crippen molar-refractivity contribution in [3.8, 4) is 0 Å². The summed E-state index contributed by atoms with van der Waals surface area (Å²) in [6.45, 7) is 4.64. The minimum absolute atomic E-state index is 0.191. The van der Waals surface area contributed by atoms with E-state index >= 15 is 0 Å². The molecule has 1 aromatic carbocycles. The smallest absolute Gasteiger partial charge is 0.0309 e. The van der Waals surface area contributed by atoms with E-state index in [-0.39, 0.29) is 6.04 Å². The summed E-state index contributed by atoms with van der Waals surface area (Å²) in [7, 11) is 0. The molecule has 0 amide bonds. The molecule has 1 aromatic rings. The summed E-state index contributed by atoms with van der Waals surface area (Å²) in [4.78, 5) is 2.74. The summed E-state index contributed by atoms with van der Waals surface area (Å²) in [5.74, 6) is 0.974. The van der Waals surface area contributed by atoms with Crippen LogP contribution in [0, 0.1) is 12.8 Å². The average molecular weight is 286 g/mol. The van der Waals surface area contributed by atoms with Gasteiger partial charge in [-0.1, -0.05) is 37.1 Å². The molecule has 1 heterocycles. The van der Waals surface area contributed by atoms with Gasteiger partial charge in [-0.3, -0.25) is 0 Å². The van der Waals surface area contributed by atoms with Gasteiger partial charge in [0.2, 0.25) is 0 Å². The van der Waals surface area contributed by atoms with E-state index < -0.39 is 0 Å². The number of nitrogens with zero attached hydrogens (tertiary/aromatic N) is 1. The zero-order chi connectivity index (χ0) is 14.7. The number of hydrogen-bond donors (Lipinski definition) is 1. The topological polar surface area (TPSA) is 29.3 Å². The Hall–Kier alpha value is -0.860. The molecular weight excluding hydrogens is 256 g/mol. The zero-order valence-corrected chi connectivity index (χ0v) is 13.4. The van der Waals surface area contributed by atoms with Crippen molar-refractivity contribution in [1.29, 1.82) is 0 Å². The van der Waals surface area contributed by atoms with Crippen LogP contribution in [0.15, 0.2) is 24.3 Å². The van der Waals surface area contributed by atoms with Crippen molar-refractivity contribution in [2.24, 2.45) is 11.7 Å². The van der Waals surface area contributed by atoms with Crippen LogP contribution in [0.3, 0.4) is 0 Å². The third-order valence-corrected chi connectivity index (χ3v) is 5.67. The highest BCUT2D eigenvalue weighted by Gasteiger charge is 2.33. The van der Waals surface area contributed by atoms with Crippen LogP contribution in [0.4, 0.5) is 0 Å². The molecule has 1 saturated heterocycles. The van der Waals surface area contributed by atoms with Gasteiger partial charge in [0.25, 0.3) is 0 Å². The lowest BCUT2D eigenvalue weighted by atomic mass is 9.95. The normalized spacial score (nSPS) is 25.5. The van der Waals surface area contributed by atoms with Gasteiger partial charge in [0.05, 0.1) is 0 Å². The number of rotatable bonds is 5. The molecule has 116 valence electrons. The Morgan fingerprint density at radius 2 is 1.90 bits per heavy atom. The average Bonchev–Trinajstić information content (AvgIpc) is 3.16. The molecular formula is C19H30N2. The fourth-order valence-corrected chi connectivity index (χ4v) is 4.47. The number of nitrogens with two attached hydrogens (primary N) is 1. The van der Waals surface area contributed by atoms with Crippen LogP contribution in [0.1, 0.15) is 62.1 Å². The van der Waals surface area contributed by atoms with E-state index in [0.717, 1.165) is 18.4 Å². The van der Waals surface area contributed by atoms with Crippen LogP contribution >= 0.6 is 0 Å². The monoisotopic (exact) mass is 286 g/mol. The molecule has 2 atom stereocenters. The maximum atomic E-state index is 6.45. The first-order valence-corrected chi connectivity index (χ1v) is 8.81. The van der Waals surface area contributed by atoms with E-state index in [1.807, 2.05) is 0 Å². The van der Waals surface area contributed by atoms with Crippen molar-refractivity contribution in [3.05, 3.63) is 35.4 Å². The van der Waals surface area contributed by atoms with Gasteiger partial charge in [-0.05, 0) is 62.6 Å². The largest absolute Gasteiger partial charge is 0.324 e. The van der Waals surface area contributed by atoms with Crippen molar-refractivity contribution in [2.75, 3.05) is 13.1 Å². The van der Waals surface area contributed by atoms with E-state index in [4.69, 9.17) is 5.73 Å². The molecule has 2 fully saturated rings. The summed E-state index contributed by atoms with van der Waals surface area (Å²) < 4.78 is 0. The van der Waals surface area contributed by atoms with Crippen molar-refractivity contribution in [1.82, 2.24) is 4.90 Å². The van der Waals surface area contributed by atoms with Crippen LogP contribution in [-0.2, 0) is 0 Å². The quantitative estimate of drug-likeness (QED) is 0.885. The predicted molar refractivity (Wildman–Crippen MR) is 89.3 cm³/mol. The second-order valence-corrected chi connectivity index (χ2v) is 7.04. The van der Waals surface area contributed by atoms with Crippen LogP contribution in [0.2, 0.25) is 0 Å². The van der Waals surface area contributed by atoms with Crippen molar-refractivity contribution >= 4 is 0 Å². The van der Waals surface area contributed by atoms with Crippen LogP contribution in [-0.4, -0.2) is 24.0 Å². The molecule has 1 aliphatic carbocycles. The molecule has 1 saturated carbocycles. The number of likely N-dealkylation sites (tertiary alicyclic amines) is 1. The van der Waals surface area contributed by atoms with Crippen molar-refractivity contribution < 1.29 is 0 Å². The summed E-state index contributed by atoms with van der Waals surface area (Å²) in [5, 5.41) is 0. The Bertz CT molecular complexity index is 451. The Labute approximate surface area is 129 Å². The molecule has 0 radical (unpaired) electrons. The zero-order valence-electron chi connectivity index (χ0n) is 13.4. The SMILES string of the molecule is Cc1ccccc1C(N)CCN1CCCC1C1CCCC1. The third kappa shape index (κ3) is 3.49. The van der Waals surface area contributed by atoms with Gasteiger partial charge in [-0.2, -0.15) is 0 Å². The van der Waals surface area contributed by atoms with Gasteiger partial charge in [-0.25, -0.2) is 0 Å². The summed E-state index contributed by atoms with van der Waals surface area (Å²) in [6.07, 6.45) is 9.74. The fourth-order valence-electron chi connectivity index (χ4n) is 4.47. The first kappa shape index (κ1) is 15.1. The number of aryl methyl sites for hydroxylation is 1. The molecule has 21 heavy (non-hydrogen) atoms. The van der Waals surface area contributed by atoms with Gasteiger partial charge in [0.1, 0.15) is 0 Å². The lowest BCUT2D eigenvalue weighted by molar-refractivity contribution is 0.185. The Kier molecular flexibility index (Phi) is 4.97. The van der Waals surface area contributed by atoms with E-state index in [1.54, 1.807) is 0 Å². The fraction of sp³-hybridized carbons (Fsp3) is 0.684. The maximum Gasteiger partial charge on any atom is 0.0309 e. The lowest BCUT2D eigenvalue weighted by Gasteiger charge is -2.30. The van der Waals surface area contributed by atoms with E-state index in [2.05, 4.69) is 36.1 Å². The maximum absolute atomic E-state index is 6.45. The van der Waals surface area contributed by atoms with E-state index in [1.165, 1.54) is 62.7 Å². The predicted octanol–water partition coefficient (Wildman–Crippen LogP) is 4.04. The molecule has 1 aliphatic heterocycles. The summed E-state index contributed by atoms with van der Waals surface area (Å²) >= 11 is 0. The highest BCUT2D eigenvalue weighted by Crippen LogP contribution is 2.35. The van der Waals surface area contributed by atoms with E-state index in [0.29, 0.717) is 0 Å². The number of benzene rings is 1. The molecule has 3 rings (SSSR count). The van der Waals surface area contributed by atoms with Gasteiger partial charge in [0.15, 0.2) is 0 Å². The van der Waals surface area contributed by atoms with Crippen molar-refractivity contribution in [3.63, 3.8) is 0 Å². The second-order valence-electron chi connectivity index (χ2n) is 7.04. The lowest BCUT2D eigenvalue weighted by Crippen LogP contribution is -2.36. The first-order valence-electron chi connectivity index (χ1n) is 8.81. The Morgan fingerprint density at radius 3 is 2.67 bits per heavy atom. The third-order valence-electron chi connectivity index (χ3n) is 5.67. The molecule has 0 bridgehead atoms. The first-order chi connectivity index (χ1) is 10.3. The van der Waals surface area contributed by atoms with Gasteiger partial charge < -0.3 is 10.6 Å². The molecule has 2 N–H and O–H groups in total. The minimum Gasteiger partial charge on any atom is -0.324 e. The molecule has 2 unspecified atom stereocenters. The van der Waals surface area contributed by atoms with Crippen LogP contribution in [0.25, 0.3) is 0 Å². The highest BCUT2D eigenvalue weighted by atomic mass is 15.2. The Morgan fingerprint density at radius 1 is 1.14 bits per heavy atom. The van der Waals surface area contributed by atoms with Crippen LogP contribution < -0.4 is 5.73 Å². The highest BCUT2D eigenvalue weighted by molar-refractivity contribution is 5.28. The van der Waals surface area contributed by atoms with Gasteiger partial charge >= 0.3 is 0 Å². The van der Waals surface area contributed by atoms with Gasteiger partial charge in [-0.15, -0.1) is 0 Å². The molecule has 2 heteroatoms.